The molecular formula is C50H62N2O16S3. The van der Waals surface area contributed by atoms with Crippen LogP contribution in [0.5, 0.6) is 5.75 Å². The second-order valence-corrected chi connectivity index (χ2v) is 22.8. The number of benzene rings is 3. The van der Waals surface area contributed by atoms with Gasteiger partial charge >= 0.3 is 5.97 Å². The first-order valence-electron chi connectivity index (χ1n) is 23.0. The third-order valence-electron chi connectivity index (χ3n) is 12.7. The minimum atomic E-state index is -4.73. The lowest BCUT2D eigenvalue weighted by atomic mass is 9.80. The van der Waals surface area contributed by atoms with Crippen LogP contribution in [0.25, 0.3) is 0 Å². The van der Waals surface area contributed by atoms with Crippen LogP contribution in [0.2, 0.25) is 0 Å². The first kappa shape index (κ1) is 55.2. The Labute approximate surface area is 416 Å². The van der Waals surface area contributed by atoms with Crippen molar-refractivity contribution < 1.29 is 77.2 Å². The fourth-order valence-corrected chi connectivity index (χ4v) is 10.7. The molecule has 71 heavy (non-hydrogen) atoms. The van der Waals surface area contributed by atoms with Crippen molar-refractivity contribution in [3.63, 3.8) is 0 Å². The maximum atomic E-state index is 12.4. The molecule has 0 saturated carbocycles. The Hall–Kier alpha value is -5.07. The Morgan fingerprint density at radius 3 is 1.93 bits per heavy atom. The molecule has 0 atom stereocenters. The molecule has 2 aliphatic heterocycles. The molecule has 1 aliphatic carbocycles. The molecule has 0 radical (unpaired) electrons. The fourth-order valence-electron chi connectivity index (χ4n) is 9.09. The van der Waals surface area contributed by atoms with Gasteiger partial charge in [0.1, 0.15) is 28.7 Å². The third kappa shape index (κ3) is 13.1. The monoisotopic (exact) mass is 1040 g/mol. The van der Waals surface area contributed by atoms with E-state index in [-0.39, 0.29) is 46.7 Å². The molecule has 0 unspecified atom stereocenters. The zero-order chi connectivity index (χ0) is 52.1. The smallest absolute Gasteiger partial charge is 0.303 e. The Morgan fingerprint density at radius 2 is 1.32 bits per heavy atom. The zero-order valence-electron chi connectivity index (χ0n) is 40.9. The van der Waals surface area contributed by atoms with Crippen molar-refractivity contribution in [2.45, 2.75) is 106 Å². The number of unbranched alkanes of at least 4 members (excludes halogenated alkanes) is 1. The Bertz CT molecular complexity index is 3020. The molecule has 6 rings (SSSR count). The van der Waals surface area contributed by atoms with Crippen LogP contribution in [0.3, 0.4) is 0 Å². The number of fused-ring (bicyclic) bond motifs is 2. The summed E-state index contributed by atoms with van der Waals surface area (Å²) in [7, 11) is -11.9. The molecule has 3 aromatic carbocycles. The second-order valence-electron chi connectivity index (χ2n) is 18.5. The Kier molecular flexibility index (Phi) is 17.4. The second kappa shape index (κ2) is 22.4. The van der Waals surface area contributed by atoms with Crippen molar-refractivity contribution in [3.05, 3.63) is 118 Å². The van der Waals surface area contributed by atoms with Crippen LogP contribution in [-0.2, 0) is 65.0 Å². The molecule has 0 bridgehead atoms. The van der Waals surface area contributed by atoms with Crippen LogP contribution in [0.4, 0.5) is 11.4 Å². The number of hydroxylamine groups is 1. The number of nitrogens with zero attached hydrogens (tertiary/aromatic N) is 2. The average molecular weight is 1040 g/mol. The van der Waals surface area contributed by atoms with Crippen molar-refractivity contribution in [2.75, 3.05) is 58.4 Å². The van der Waals surface area contributed by atoms with Gasteiger partial charge in [-0.15, -0.1) is 0 Å². The number of carbonyl (C=O) groups is 1. The molecule has 3 aliphatic rings. The van der Waals surface area contributed by atoms with Gasteiger partial charge < -0.3 is 28.6 Å². The third-order valence-corrected chi connectivity index (χ3v) is 15.2. The molecule has 0 saturated heterocycles. The largest absolute Gasteiger partial charge is 0.744 e. The molecular weight excluding hydrogens is 981 g/mol. The summed E-state index contributed by atoms with van der Waals surface area (Å²) in [5.41, 5.74) is 5.18. The van der Waals surface area contributed by atoms with Crippen LogP contribution >= 0.6 is 0 Å². The lowest BCUT2D eigenvalue weighted by molar-refractivity contribution is -0.402. The number of carboxylic acid groups (broad SMARTS) is 1. The zero-order valence-corrected chi connectivity index (χ0v) is 43.3. The van der Waals surface area contributed by atoms with Gasteiger partial charge in [-0.3, -0.25) is 18.7 Å². The maximum Gasteiger partial charge on any atom is 0.303 e. The van der Waals surface area contributed by atoms with Crippen LogP contribution in [0.1, 0.15) is 88.5 Å². The highest BCUT2D eigenvalue weighted by Crippen LogP contribution is 2.51. The number of carboxylic acids is 1. The van der Waals surface area contributed by atoms with Crippen LogP contribution in [-0.4, -0.2) is 114 Å². The lowest BCUT2D eigenvalue weighted by Crippen LogP contribution is -2.28. The summed E-state index contributed by atoms with van der Waals surface area (Å²) in [6.07, 6.45) is 10.7. The molecule has 0 fully saturated rings. The van der Waals surface area contributed by atoms with E-state index in [1.165, 1.54) is 48.5 Å². The quantitative estimate of drug-likeness (QED) is 0.0469. The van der Waals surface area contributed by atoms with Gasteiger partial charge in [0.15, 0.2) is 5.71 Å². The molecule has 21 heteroatoms. The van der Waals surface area contributed by atoms with Crippen molar-refractivity contribution >= 4 is 53.4 Å². The van der Waals surface area contributed by atoms with Gasteiger partial charge in [0, 0.05) is 35.6 Å². The highest BCUT2D eigenvalue weighted by Gasteiger charge is 2.45. The van der Waals surface area contributed by atoms with E-state index >= 15 is 0 Å². The molecule has 0 amide bonds. The molecule has 2 heterocycles. The number of anilines is 1. The minimum absolute atomic E-state index is 0.0895. The number of allylic oxidation sites excluding steroid dienone is 7. The highest BCUT2D eigenvalue weighted by atomic mass is 32.2. The van der Waals surface area contributed by atoms with E-state index in [2.05, 4.69) is 0 Å². The first-order chi connectivity index (χ1) is 33.2. The highest BCUT2D eigenvalue weighted by molar-refractivity contribution is 7.86. The summed E-state index contributed by atoms with van der Waals surface area (Å²) >= 11 is 0. The number of hydrogen-bond donors (Lipinski definition) is 3. The molecule has 18 nitrogen and oxygen atoms in total. The van der Waals surface area contributed by atoms with E-state index in [1.54, 1.807) is 18.9 Å². The van der Waals surface area contributed by atoms with E-state index in [9.17, 15) is 43.7 Å². The number of hydrogen-bond acceptors (Lipinski definition) is 14. The molecule has 3 aromatic rings. The summed E-state index contributed by atoms with van der Waals surface area (Å²) in [6.45, 7) is 13.2. The predicted octanol–water partition coefficient (Wildman–Crippen LogP) is 7.62. The van der Waals surface area contributed by atoms with Gasteiger partial charge in [-0.1, -0.05) is 19.9 Å². The first-order valence-corrected chi connectivity index (χ1v) is 27.3. The Morgan fingerprint density at radius 1 is 0.732 bits per heavy atom. The van der Waals surface area contributed by atoms with E-state index in [0.29, 0.717) is 97.9 Å². The van der Waals surface area contributed by atoms with Gasteiger partial charge in [0.25, 0.3) is 20.2 Å². The lowest BCUT2D eigenvalue weighted by Gasteiger charge is -2.27. The Balaban J connectivity index is 1.31. The average Bonchev–Trinajstić information content (AvgIpc) is 3.61. The summed E-state index contributed by atoms with van der Waals surface area (Å²) in [6, 6.07) is 11.0. The van der Waals surface area contributed by atoms with Crippen molar-refractivity contribution in [1.29, 1.82) is 0 Å². The van der Waals surface area contributed by atoms with Crippen LogP contribution in [0, 0.1) is 13.8 Å². The van der Waals surface area contributed by atoms with Crippen molar-refractivity contribution in [2.24, 2.45) is 0 Å². The summed E-state index contributed by atoms with van der Waals surface area (Å²) in [5.74, 6) is -0.0757. The molecule has 0 spiro atoms. The summed E-state index contributed by atoms with van der Waals surface area (Å²) < 4.78 is 130. The minimum Gasteiger partial charge on any atom is -0.744 e. The van der Waals surface area contributed by atoms with Crippen molar-refractivity contribution in [3.8, 4) is 5.75 Å². The standard InChI is InChI=1S/C50H62N2O16S3/c1-33-29-39(70(58,59)60)31-41-46(33)51(7)43(49(41,3)4)20-14-35-11-10-12-36(48(35)68-37-16-18-38(19-17-37)69(55,56)57)15-21-44-50(5,6)42-32-40(71(61,62)63)30-34(2)47(42)52(44)67-28-27-66-26-25-65-24-23-64-22-9-8-13-45(53)54/h14-21,29-32H,8-13,22-28H2,1-7H3,(H3-,53,54,55,56,57,58,59,60,61,62,63). The molecule has 0 aromatic heterocycles. The molecule has 386 valence electrons. The van der Waals surface area contributed by atoms with Crippen LogP contribution in [0.15, 0.2) is 110 Å². The van der Waals surface area contributed by atoms with Crippen LogP contribution < -0.4 is 9.80 Å². The number of aliphatic carboxylic acids is 1. The van der Waals surface area contributed by atoms with Gasteiger partial charge in [-0.25, -0.2) is 13.5 Å². The number of rotatable bonds is 23. The summed E-state index contributed by atoms with van der Waals surface area (Å²) in [5, 5.41) is 10.4. The summed E-state index contributed by atoms with van der Waals surface area (Å²) in [4.78, 5) is 16.2. The van der Waals surface area contributed by atoms with Gasteiger partial charge in [0.2, 0.25) is 5.69 Å². The SMILES string of the molecule is Cc1cc(S(=O)(=O)O)cc2c1N(OCCOCCOCCOCCCCC(=O)O)/C(=C/C=C1\CCCC(/C=C/C3=[N+](C)c4c(C)cc(S(=O)(=O)[O-])cc4C3(C)C)=C1Oc1ccc(S(=O)(=O)O)cc1)C2(C)C. The normalized spacial score (nSPS) is 18.0. The topological polar surface area (TPSA) is 256 Å². The van der Waals surface area contributed by atoms with E-state index in [4.69, 9.17) is 28.9 Å². The van der Waals surface area contributed by atoms with Crippen molar-refractivity contribution in [1.82, 2.24) is 0 Å². The maximum absolute atomic E-state index is 12.4. The van der Waals surface area contributed by atoms with E-state index < -0.39 is 47.2 Å². The fraction of sp³-hybridized carbons (Fsp3) is 0.440. The predicted molar refractivity (Wildman–Crippen MR) is 262 cm³/mol. The van der Waals surface area contributed by atoms with E-state index in [1.807, 2.05) is 63.6 Å². The van der Waals surface area contributed by atoms with Gasteiger partial charge in [0.05, 0.1) is 71.1 Å². The van der Waals surface area contributed by atoms with E-state index in [0.717, 1.165) is 22.5 Å². The molecule has 3 N–H and O–H groups in total. The number of aryl methyl sites for hydroxylation is 2. The van der Waals surface area contributed by atoms with Gasteiger partial charge in [-0.2, -0.15) is 21.4 Å². The van der Waals surface area contributed by atoms with Gasteiger partial charge in [-0.05, 0) is 143 Å². The number of ether oxygens (including phenoxy) is 4.